The van der Waals surface area contributed by atoms with E-state index in [0.717, 1.165) is 32.3 Å². The van der Waals surface area contributed by atoms with Crippen molar-refractivity contribution >= 4 is 11.6 Å². The quantitative estimate of drug-likeness (QED) is 0.660. The number of nitrogens with two attached hydrogens (primary N) is 1. The average Bonchev–Trinajstić information content (AvgIpc) is 2.91. The van der Waals surface area contributed by atoms with E-state index < -0.39 is 0 Å². The van der Waals surface area contributed by atoms with E-state index in [1.54, 1.807) is 12.1 Å². The van der Waals surface area contributed by atoms with Crippen molar-refractivity contribution in [3.05, 3.63) is 34.6 Å². The first kappa shape index (κ1) is 15.2. The Labute approximate surface area is 130 Å². The highest BCUT2D eigenvalue weighted by molar-refractivity contribution is 6.30. The van der Waals surface area contributed by atoms with E-state index in [1.807, 2.05) is 0 Å². The minimum Gasteiger partial charge on any atom is -0.375 e. The van der Waals surface area contributed by atoms with Gasteiger partial charge in [0.05, 0.1) is 11.6 Å². The summed E-state index contributed by atoms with van der Waals surface area (Å²) in [5.74, 6) is 5.76. The second kappa shape index (κ2) is 6.21. The lowest BCUT2D eigenvalue weighted by atomic mass is 9.78. The molecule has 3 N–H and O–H groups in total. The topological polar surface area (TPSA) is 47.3 Å². The third kappa shape index (κ3) is 3.09. The second-order valence-corrected chi connectivity index (χ2v) is 6.74. The minimum absolute atomic E-state index is 0.00688. The number of halogens is 2. The van der Waals surface area contributed by atoms with Crippen molar-refractivity contribution in [2.45, 2.75) is 50.2 Å². The third-order valence-electron chi connectivity index (χ3n) is 4.99. The van der Waals surface area contributed by atoms with Crippen LogP contribution < -0.4 is 11.3 Å². The Morgan fingerprint density at radius 3 is 2.86 bits per heavy atom. The summed E-state index contributed by atoms with van der Waals surface area (Å²) in [6.45, 7) is 0.727. The van der Waals surface area contributed by atoms with Crippen molar-refractivity contribution in [1.29, 1.82) is 0 Å². The van der Waals surface area contributed by atoms with Gasteiger partial charge in [-0.1, -0.05) is 24.4 Å². The fourth-order valence-electron chi connectivity index (χ4n) is 3.95. The fraction of sp³-hybridized carbons (Fsp3) is 0.625. The van der Waals surface area contributed by atoms with Gasteiger partial charge in [-0.25, -0.2) is 4.39 Å². The Morgan fingerprint density at radius 2 is 2.14 bits per heavy atom. The predicted molar refractivity (Wildman–Crippen MR) is 81.3 cm³/mol. The van der Waals surface area contributed by atoms with Crippen LogP contribution in [0.5, 0.6) is 0 Å². The molecule has 1 aliphatic carbocycles. The van der Waals surface area contributed by atoms with Gasteiger partial charge < -0.3 is 4.74 Å². The first-order valence-corrected chi connectivity index (χ1v) is 8.06. The molecule has 1 saturated heterocycles. The maximum Gasteiger partial charge on any atom is 0.128 e. The highest BCUT2D eigenvalue weighted by atomic mass is 35.5. The Morgan fingerprint density at radius 1 is 1.38 bits per heavy atom. The molecule has 1 saturated carbocycles. The van der Waals surface area contributed by atoms with Crippen LogP contribution in [0.3, 0.4) is 0 Å². The predicted octanol–water partition coefficient (Wildman–Crippen LogP) is 3.72. The summed E-state index contributed by atoms with van der Waals surface area (Å²) in [7, 11) is 0. The zero-order chi connectivity index (χ0) is 14.9. The van der Waals surface area contributed by atoms with Gasteiger partial charge in [0.15, 0.2) is 0 Å². The molecule has 2 atom stereocenters. The van der Waals surface area contributed by atoms with Gasteiger partial charge in [-0.2, -0.15) is 0 Å². The summed E-state index contributed by atoms with van der Waals surface area (Å²) in [6.07, 6.45) is 6.49. The van der Waals surface area contributed by atoms with Gasteiger partial charge in [0.2, 0.25) is 0 Å². The normalized spacial score (nSPS) is 26.1. The Hall–Kier alpha value is -0.680. The zero-order valence-corrected chi connectivity index (χ0v) is 12.8. The van der Waals surface area contributed by atoms with E-state index in [0.29, 0.717) is 10.6 Å². The van der Waals surface area contributed by atoms with Crippen LogP contribution in [0.15, 0.2) is 18.2 Å². The SMILES string of the molecule is NNC(c1cc(Cl)ccc1F)C1CCOC2(CCCC2)C1. The number of nitrogens with one attached hydrogen (secondary N) is 1. The van der Waals surface area contributed by atoms with E-state index in [1.165, 1.54) is 18.9 Å². The highest BCUT2D eigenvalue weighted by Crippen LogP contribution is 2.45. The molecule has 1 aromatic carbocycles. The van der Waals surface area contributed by atoms with Crippen LogP contribution in [0.2, 0.25) is 5.02 Å². The summed E-state index contributed by atoms with van der Waals surface area (Å²) in [5.41, 5.74) is 3.36. The Bertz CT molecular complexity index is 505. The summed E-state index contributed by atoms with van der Waals surface area (Å²) in [4.78, 5) is 0. The number of ether oxygens (including phenoxy) is 1. The maximum absolute atomic E-state index is 14.1. The summed E-state index contributed by atoms with van der Waals surface area (Å²) >= 11 is 6.02. The molecule has 0 aromatic heterocycles. The molecule has 0 bridgehead atoms. The lowest BCUT2D eigenvalue weighted by molar-refractivity contribution is -0.0983. The lowest BCUT2D eigenvalue weighted by Crippen LogP contribution is -2.43. The Balaban J connectivity index is 1.84. The molecule has 1 aromatic rings. The Kier molecular flexibility index (Phi) is 4.50. The maximum atomic E-state index is 14.1. The standard InChI is InChI=1S/C16H22ClFN2O/c17-12-3-4-14(18)13(9-12)15(20-19)11-5-8-21-16(10-11)6-1-2-7-16/h3-4,9,11,15,20H,1-2,5-8,10,19H2. The van der Waals surface area contributed by atoms with Gasteiger partial charge in [0.1, 0.15) is 5.82 Å². The average molecular weight is 313 g/mol. The van der Waals surface area contributed by atoms with Crippen molar-refractivity contribution in [1.82, 2.24) is 5.43 Å². The van der Waals surface area contributed by atoms with E-state index in [-0.39, 0.29) is 23.4 Å². The molecule has 3 rings (SSSR count). The van der Waals surface area contributed by atoms with Gasteiger partial charge in [-0.15, -0.1) is 0 Å². The van der Waals surface area contributed by atoms with Crippen LogP contribution in [0.4, 0.5) is 4.39 Å². The molecule has 1 heterocycles. The van der Waals surface area contributed by atoms with Crippen molar-refractivity contribution < 1.29 is 9.13 Å². The smallest absolute Gasteiger partial charge is 0.128 e. The number of hydrazine groups is 1. The van der Waals surface area contributed by atoms with Gasteiger partial charge in [0.25, 0.3) is 0 Å². The van der Waals surface area contributed by atoms with E-state index in [4.69, 9.17) is 22.2 Å². The summed E-state index contributed by atoms with van der Waals surface area (Å²) in [6, 6.07) is 4.44. The third-order valence-corrected chi connectivity index (χ3v) is 5.23. The second-order valence-electron chi connectivity index (χ2n) is 6.30. The van der Waals surface area contributed by atoms with Gasteiger partial charge in [-0.3, -0.25) is 11.3 Å². The van der Waals surface area contributed by atoms with Crippen LogP contribution in [0.1, 0.15) is 50.1 Å². The minimum atomic E-state index is -0.255. The van der Waals surface area contributed by atoms with E-state index in [9.17, 15) is 4.39 Å². The van der Waals surface area contributed by atoms with Gasteiger partial charge in [0, 0.05) is 17.2 Å². The monoisotopic (exact) mass is 312 g/mol. The lowest BCUT2D eigenvalue weighted by Gasteiger charge is -2.41. The van der Waals surface area contributed by atoms with Gasteiger partial charge in [-0.05, 0) is 49.8 Å². The molecule has 0 radical (unpaired) electrons. The molecule has 116 valence electrons. The van der Waals surface area contributed by atoms with Crippen molar-refractivity contribution in [2.75, 3.05) is 6.61 Å². The van der Waals surface area contributed by atoms with Crippen molar-refractivity contribution in [3.8, 4) is 0 Å². The molecule has 2 aliphatic rings. The number of benzene rings is 1. The van der Waals surface area contributed by atoms with Crippen molar-refractivity contribution in [3.63, 3.8) is 0 Å². The molecule has 2 fully saturated rings. The first-order valence-electron chi connectivity index (χ1n) is 7.69. The molecule has 1 spiro atoms. The molecular formula is C16H22ClFN2O. The number of hydrogen-bond donors (Lipinski definition) is 2. The van der Waals surface area contributed by atoms with Crippen LogP contribution in [0, 0.1) is 11.7 Å². The first-order chi connectivity index (χ1) is 10.1. The molecule has 21 heavy (non-hydrogen) atoms. The fourth-order valence-corrected chi connectivity index (χ4v) is 4.13. The van der Waals surface area contributed by atoms with E-state index >= 15 is 0 Å². The number of rotatable bonds is 3. The van der Waals surface area contributed by atoms with Crippen molar-refractivity contribution in [2.24, 2.45) is 11.8 Å². The molecule has 5 heteroatoms. The summed E-state index contributed by atoms with van der Waals surface area (Å²) in [5, 5.41) is 0.536. The molecule has 3 nitrogen and oxygen atoms in total. The van der Waals surface area contributed by atoms with Gasteiger partial charge >= 0.3 is 0 Å². The van der Waals surface area contributed by atoms with Crippen LogP contribution in [-0.2, 0) is 4.74 Å². The zero-order valence-electron chi connectivity index (χ0n) is 12.1. The molecule has 2 unspecified atom stereocenters. The van der Waals surface area contributed by atoms with Crippen LogP contribution in [-0.4, -0.2) is 12.2 Å². The number of hydrogen-bond acceptors (Lipinski definition) is 3. The van der Waals surface area contributed by atoms with Crippen LogP contribution >= 0.6 is 11.6 Å². The van der Waals surface area contributed by atoms with E-state index in [2.05, 4.69) is 5.43 Å². The molecular weight excluding hydrogens is 291 g/mol. The largest absolute Gasteiger partial charge is 0.375 e. The van der Waals surface area contributed by atoms with Crippen LogP contribution in [0.25, 0.3) is 0 Å². The summed E-state index contributed by atoms with van der Waals surface area (Å²) < 4.78 is 20.2. The molecule has 0 amide bonds. The molecule has 1 aliphatic heterocycles. The highest BCUT2D eigenvalue weighted by Gasteiger charge is 2.42.